The fourth-order valence-corrected chi connectivity index (χ4v) is 3.89. The van der Waals surface area contributed by atoms with Gasteiger partial charge in [-0.25, -0.2) is 4.98 Å². The van der Waals surface area contributed by atoms with E-state index in [9.17, 15) is 18.0 Å². The van der Waals surface area contributed by atoms with Crippen LogP contribution < -0.4 is 10.3 Å². The first-order valence-electron chi connectivity index (χ1n) is 8.91. The van der Waals surface area contributed by atoms with Gasteiger partial charge in [-0.1, -0.05) is 36.0 Å². The van der Waals surface area contributed by atoms with Crippen molar-refractivity contribution in [3.63, 3.8) is 0 Å². The summed E-state index contributed by atoms with van der Waals surface area (Å²) in [6.45, 7) is 2.14. The molecule has 0 spiro atoms. The summed E-state index contributed by atoms with van der Waals surface area (Å²) in [5, 5.41) is 9.96. The SMILES string of the molecule is CC(Sc1nc2ccccc2c(=O)n1CCCO)c1ccc(OC(F)(F)F)cc1. The third-order valence-electron chi connectivity index (χ3n) is 4.23. The molecule has 1 aromatic heterocycles. The summed E-state index contributed by atoms with van der Waals surface area (Å²) in [5.74, 6) is -0.290. The minimum absolute atomic E-state index is 0.0560. The van der Waals surface area contributed by atoms with Crippen LogP contribution in [-0.4, -0.2) is 27.6 Å². The molecule has 1 N–H and O–H groups in total. The van der Waals surface area contributed by atoms with E-state index in [0.717, 1.165) is 5.56 Å². The van der Waals surface area contributed by atoms with E-state index in [2.05, 4.69) is 9.72 Å². The molecule has 0 amide bonds. The van der Waals surface area contributed by atoms with Crippen LogP contribution in [0.15, 0.2) is 58.5 Å². The zero-order valence-corrected chi connectivity index (χ0v) is 16.3. The molecule has 1 atom stereocenters. The number of ether oxygens (including phenoxy) is 1. The fraction of sp³-hybridized carbons (Fsp3) is 0.300. The largest absolute Gasteiger partial charge is 0.573 e. The first kappa shape index (κ1) is 21.2. The average Bonchev–Trinajstić information content (AvgIpc) is 2.67. The van der Waals surface area contributed by atoms with E-state index >= 15 is 0 Å². The van der Waals surface area contributed by atoms with Crippen molar-refractivity contribution in [3.8, 4) is 5.75 Å². The van der Waals surface area contributed by atoms with Crippen LogP contribution in [0.4, 0.5) is 13.2 Å². The number of aromatic nitrogens is 2. The topological polar surface area (TPSA) is 64.4 Å². The summed E-state index contributed by atoms with van der Waals surface area (Å²) >= 11 is 1.33. The van der Waals surface area contributed by atoms with Crippen LogP contribution in [0.3, 0.4) is 0 Å². The summed E-state index contributed by atoms with van der Waals surface area (Å²) in [5.41, 5.74) is 1.15. The molecule has 0 aliphatic heterocycles. The highest BCUT2D eigenvalue weighted by molar-refractivity contribution is 7.99. The lowest BCUT2D eigenvalue weighted by atomic mass is 10.2. The van der Waals surface area contributed by atoms with Crippen LogP contribution in [0.2, 0.25) is 0 Å². The molecule has 1 heterocycles. The maximum atomic E-state index is 12.9. The Morgan fingerprint density at radius 2 is 1.86 bits per heavy atom. The number of halogens is 3. The minimum Gasteiger partial charge on any atom is -0.406 e. The standard InChI is InChI=1S/C20H19F3N2O3S/c1-13(14-7-9-15(10-8-14)28-20(21,22)23)29-19-24-17-6-3-2-5-16(17)18(27)25(19)11-4-12-26/h2-3,5-10,13,26H,4,11-12H2,1H3. The van der Waals surface area contributed by atoms with Crippen molar-refractivity contribution < 1.29 is 23.0 Å². The third-order valence-corrected chi connectivity index (χ3v) is 5.38. The molecule has 9 heteroatoms. The van der Waals surface area contributed by atoms with Crippen molar-refractivity contribution in [1.82, 2.24) is 9.55 Å². The Kier molecular flexibility index (Phi) is 6.49. The molecule has 0 aliphatic carbocycles. The quantitative estimate of drug-likeness (QED) is 0.446. The van der Waals surface area contributed by atoms with E-state index in [4.69, 9.17) is 5.11 Å². The van der Waals surface area contributed by atoms with E-state index in [1.807, 2.05) is 6.92 Å². The minimum atomic E-state index is -4.74. The van der Waals surface area contributed by atoms with Crippen molar-refractivity contribution in [1.29, 1.82) is 0 Å². The van der Waals surface area contributed by atoms with E-state index in [1.165, 1.54) is 28.5 Å². The summed E-state index contributed by atoms with van der Waals surface area (Å²) in [6, 6.07) is 12.6. The monoisotopic (exact) mass is 424 g/mol. The van der Waals surface area contributed by atoms with E-state index in [1.54, 1.807) is 36.4 Å². The summed E-state index contributed by atoms with van der Waals surface area (Å²) in [7, 11) is 0. The van der Waals surface area contributed by atoms with Gasteiger partial charge in [0.25, 0.3) is 5.56 Å². The molecule has 154 valence electrons. The fourth-order valence-electron chi connectivity index (χ4n) is 2.83. The molecule has 5 nitrogen and oxygen atoms in total. The normalized spacial score (nSPS) is 12.9. The number of fused-ring (bicyclic) bond motifs is 1. The first-order chi connectivity index (χ1) is 13.8. The number of hydrogen-bond donors (Lipinski definition) is 1. The van der Waals surface area contributed by atoms with Gasteiger partial charge in [0.1, 0.15) is 5.75 Å². The summed E-state index contributed by atoms with van der Waals surface area (Å²) < 4.78 is 42.4. The lowest BCUT2D eigenvalue weighted by Crippen LogP contribution is -2.24. The Morgan fingerprint density at radius 1 is 1.17 bits per heavy atom. The van der Waals surface area contributed by atoms with Gasteiger partial charge in [-0.15, -0.1) is 13.2 Å². The number of benzene rings is 2. The van der Waals surface area contributed by atoms with Crippen molar-refractivity contribution >= 4 is 22.7 Å². The molecule has 0 saturated heterocycles. The second kappa shape index (κ2) is 8.87. The van der Waals surface area contributed by atoms with Gasteiger partial charge in [0, 0.05) is 18.4 Å². The number of rotatable bonds is 7. The average molecular weight is 424 g/mol. The van der Waals surface area contributed by atoms with Crippen LogP contribution in [0.1, 0.15) is 24.2 Å². The van der Waals surface area contributed by atoms with Crippen LogP contribution in [-0.2, 0) is 6.54 Å². The van der Waals surface area contributed by atoms with E-state index in [-0.39, 0.29) is 23.2 Å². The molecule has 0 saturated carbocycles. The Labute approximate surface area is 169 Å². The summed E-state index contributed by atoms with van der Waals surface area (Å²) in [4.78, 5) is 17.4. The van der Waals surface area contributed by atoms with Crippen LogP contribution in [0.25, 0.3) is 10.9 Å². The highest BCUT2D eigenvalue weighted by Crippen LogP contribution is 2.35. The molecule has 3 aromatic rings. The number of hydrogen-bond acceptors (Lipinski definition) is 5. The van der Waals surface area contributed by atoms with Gasteiger partial charge in [-0.05, 0) is 43.2 Å². The summed E-state index contributed by atoms with van der Waals surface area (Å²) in [6.07, 6.45) is -4.33. The van der Waals surface area contributed by atoms with Gasteiger partial charge in [0.15, 0.2) is 5.16 Å². The van der Waals surface area contributed by atoms with Crippen LogP contribution >= 0.6 is 11.8 Å². The second-order valence-electron chi connectivity index (χ2n) is 6.32. The lowest BCUT2D eigenvalue weighted by Gasteiger charge is -2.17. The Bertz CT molecular complexity index is 1040. The van der Waals surface area contributed by atoms with Gasteiger partial charge in [0.05, 0.1) is 10.9 Å². The second-order valence-corrected chi connectivity index (χ2v) is 7.63. The molecule has 0 aliphatic rings. The highest BCUT2D eigenvalue weighted by atomic mass is 32.2. The van der Waals surface area contributed by atoms with Gasteiger partial charge in [-0.3, -0.25) is 9.36 Å². The number of nitrogens with zero attached hydrogens (tertiary/aromatic N) is 2. The maximum Gasteiger partial charge on any atom is 0.573 e. The van der Waals surface area contributed by atoms with Crippen molar-refractivity contribution in [3.05, 3.63) is 64.4 Å². The van der Waals surface area contributed by atoms with Crippen molar-refractivity contribution in [2.75, 3.05) is 6.61 Å². The van der Waals surface area contributed by atoms with Gasteiger partial charge < -0.3 is 9.84 Å². The lowest BCUT2D eigenvalue weighted by molar-refractivity contribution is -0.274. The highest BCUT2D eigenvalue weighted by Gasteiger charge is 2.31. The predicted octanol–water partition coefficient (Wildman–Crippen LogP) is 4.53. The number of aliphatic hydroxyl groups excluding tert-OH is 1. The van der Waals surface area contributed by atoms with E-state index < -0.39 is 6.36 Å². The molecule has 0 bridgehead atoms. The smallest absolute Gasteiger partial charge is 0.406 e. The number of thioether (sulfide) groups is 1. The zero-order chi connectivity index (χ0) is 21.0. The Hall–Kier alpha value is -2.52. The predicted molar refractivity (Wildman–Crippen MR) is 105 cm³/mol. The molecule has 1 unspecified atom stereocenters. The molecular formula is C20H19F3N2O3S. The molecule has 3 rings (SSSR count). The first-order valence-corrected chi connectivity index (χ1v) is 9.79. The van der Waals surface area contributed by atoms with E-state index in [0.29, 0.717) is 29.0 Å². The maximum absolute atomic E-state index is 12.9. The molecular weight excluding hydrogens is 405 g/mol. The van der Waals surface area contributed by atoms with Gasteiger partial charge in [-0.2, -0.15) is 0 Å². The van der Waals surface area contributed by atoms with Crippen molar-refractivity contribution in [2.24, 2.45) is 0 Å². The van der Waals surface area contributed by atoms with Gasteiger partial charge >= 0.3 is 6.36 Å². The Balaban J connectivity index is 1.89. The van der Waals surface area contributed by atoms with Crippen LogP contribution in [0.5, 0.6) is 5.75 Å². The van der Waals surface area contributed by atoms with Crippen molar-refractivity contribution in [2.45, 2.75) is 36.7 Å². The van der Waals surface area contributed by atoms with Gasteiger partial charge in [0.2, 0.25) is 0 Å². The zero-order valence-electron chi connectivity index (χ0n) is 15.5. The number of para-hydroxylation sites is 1. The molecule has 0 radical (unpaired) electrons. The molecule has 29 heavy (non-hydrogen) atoms. The molecule has 2 aromatic carbocycles. The third kappa shape index (κ3) is 5.30. The number of alkyl halides is 3. The molecule has 0 fully saturated rings. The number of aliphatic hydroxyl groups is 1. The van der Waals surface area contributed by atoms with Crippen LogP contribution in [0, 0.1) is 0 Å². The Morgan fingerprint density at radius 3 is 2.52 bits per heavy atom.